The van der Waals surface area contributed by atoms with E-state index < -0.39 is 12.1 Å². The fourth-order valence-corrected chi connectivity index (χ4v) is 1.73. The molecule has 0 aliphatic heterocycles. The van der Waals surface area contributed by atoms with Crippen LogP contribution in [0.5, 0.6) is 0 Å². The Morgan fingerprint density at radius 3 is 1.88 bits per heavy atom. The van der Waals surface area contributed by atoms with Crippen LogP contribution in [0, 0.1) is 5.92 Å². The molecular weight excluding hydrogens is 215 g/mol. The van der Waals surface area contributed by atoms with Crippen LogP contribution in [0.3, 0.4) is 0 Å². The highest BCUT2D eigenvalue weighted by Gasteiger charge is 2.34. The Balaban J connectivity index is 0.000000288. The molecule has 0 amide bonds. The van der Waals surface area contributed by atoms with Gasteiger partial charge in [0, 0.05) is 6.04 Å². The van der Waals surface area contributed by atoms with Crippen molar-refractivity contribution in [3.8, 4) is 0 Å². The van der Waals surface area contributed by atoms with Gasteiger partial charge in [-0.15, -0.1) is 0 Å². The second-order valence-electron chi connectivity index (χ2n) is 4.63. The van der Waals surface area contributed by atoms with Gasteiger partial charge in [0.1, 0.15) is 0 Å². The summed E-state index contributed by atoms with van der Waals surface area (Å²) < 4.78 is 34.9. The van der Waals surface area contributed by atoms with E-state index in [4.69, 9.17) is 5.73 Å². The van der Waals surface area contributed by atoms with Crippen molar-refractivity contribution in [1.29, 1.82) is 0 Å². The molecule has 1 nitrogen and oxygen atoms in total. The lowest BCUT2D eigenvalue weighted by Crippen LogP contribution is -2.22. The van der Waals surface area contributed by atoms with E-state index in [-0.39, 0.29) is 6.42 Å². The summed E-state index contributed by atoms with van der Waals surface area (Å²) >= 11 is 0. The minimum absolute atomic E-state index is 0.240. The first-order chi connectivity index (χ1) is 7.38. The number of hydrogen-bond donors (Lipinski definition) is 1. The second-order valence-corrected chi connectivity index (χ2v) is 4.63. The molecule has 1 rings (SSSR count). The topological polar surface area (TPSA) is 26.0 Å². The van der Waals surface area contributed by atoms with Gasteiger partial charge in [0.2, 0.25) is 0 Å². The van der Waals surface area contributed by atoms with Crippen LogP contribution < -0.4 is 5.73 Å². The fourth-order valence-electron chi connectivity index (χ4n) is 1.73. The number of rotatable bonds is 2. The first kappa shape index (κ1) is 15.8. The average molecular weight is 239 g/mol. The highest BCUT2D eigenvalue weighted by Crippen LogP contribution is 2.28. The Morgan fingerprint density at radius 2 is 1.69 bits per heavy atom. The number of hydrogen-bond acceptors (Lipinski definition) is 1. The summed E-state index contributed by atoms with van der Waals surface area (Å²) in [4.78, 5) is 0. The second kappa shape index (κ2) is 7.93. The smallest absolute Gasteiger partial charge is 0.328 e. The van der Waals surface area contributed by atoms with Gasteiger partial charge in [-0.05, 0) is 19.3 Å². The molecule has 0 radical (unpaired) electrons. The van der Waals surface area contributed by atoms with Crippen molar-refractivity contribution in [2.24, 2.45) is 11.7 Å². The van der Waals surface area contributed by atoms with E-state index in [1.165, 1.54) is 39.0 Å². The molecule has 16 heavy (non-hydrogen) atoms. The SMILES string of the molecule is CCCC(C)C(F)(F)F.NC1CCCCC1. The Hall–Kier alpha value is -0.250. The zero-order chi connectivity index (χ0) is 12.6. The summed E-state index contributed by atoms with van der Waals surface area (Å²) in [6.45, 7) is 2.96. The Bertz CT molecular complexity index is 162. The molecule has 1 fully saturated rings. The third kappa shape index (κ3) is 7.97. The Morgan fingerprint density at radius 1 is 1.19 bits per heavy atom. The molecule has 0 bridgehead atoms. The summed E-state index contributed by atoms with van der Waals surface area (Å²) in [5.41, 5.74) is 5.63. The normalized spacial score (nSPS) is 19.9. The van der Waals surface area contributed by atoms with Gasteiger partial charge in [-0.25, -0.2) is 0 Å². The van der Waals surface area contributed by atoms with Crippen LogP contribution in [0.2, 0.25) is 0 Å². The maximum absolute atomic E-state index is 11.6. The van der Waals surface area contributed by atoms with Crippen LogP contribution in [-0.2, 0) is 0 Å². The molecule has 1 saturated carbocycles. The van der Waals surface area contributed by atoms with Crippen LogP contribution in [0.4, 0.5) is 13.2 Å². The van der Waals surface area contributed by atoms with Crippen LogP contribution in [0.1, 0.15) is 58.8 Å². The van der Waals surface area contributed by atoms with Gasteiger partial charge in [-0.3, -0.25) is 0 Å². The lowest BCUT2D eigenvalue weighted by atomic mass is 9.97. The molecule has 2 N–H and O–H groups in total. The van der Waals surface area contributed by atoms with Gasteiger partial charge >= 0.3 is 6.18 Å². The Labute approximate surface area is 96.6 Å². The van der Waals surface area contributed by atoms with Crippen LogP contribution in [0.25, 0.3) is 0 Å². The number of alkyl halides is 3. The molecular formula is C12H24F3N. The van der Waals surface area contributed by atoms with E-state index in [9.17, 15) is 13.2 Å². The third-order valence-corrected chi connectivity index (χ3v) is 2.93. The molecule has 0 spiro atoms. The molecule has 1 unspecified atom stereocenters. The predicted octanol–water partition coefficient (Wildman–Crippen LogP) is 4.26. The molecule has 0 heterocycles. The van der Waals surface area contributed by atoms with Crippen molar-refractivity contribution >= 4 is 0 Å². The maximum atomic E-state index is 11.6. The van der Waals surface area contributed by atoms with E-state index in [1.54, 1.807) is 6.92 Å². The quantitative estimate of drug-likeness (QED) is 0.765. The summed E-state index contributed by atoms with van der Waals surface area (Å²) in [5.74, 6) is -1.14. The monoisotopic (exact) mass is 239 g/mol. The summed E-state index contributed by atoms with van der Waals surface area (Å²) in [5, 5.41) is 0. The van der Waals surface area contributed by atoms with E-state index in [0.717, 1.165) is 0 Å². The van der Waals surface area contributed by atoms with Gasteiger partial charge in [-0.2, -0.15) is 13.2 Å². The first-order valence-electron chi connectivity index (χ1n) is 6.20. The highest BCUT2D eigenvalue weighted by atomic mass is 19.4. The average Bonchev–Trinajstić information content (AvgIpc) is 2.19. The van der Waals surface area contributed by atoms with E-state index in [1.807, 2.05) is 0 Å². The van der Waals surface area contributed by atoms with Crippen molar-refractivity contribution in [2.75, 3.05) is 0 Å². The van der Waals surface area contributed by atoms with Crippen molar-refractivity contribution in [2.45, 2.75) is 71.0 Å². The van der Waals surface area contributed by atoms with Crippen LogP contribution in [0.15, 0.2) is 0 Å². The number of nitrogens with two attached hydrogens (primary N) is 1. The molecule has 1 atom stereocenters. The predicted molar refractivity (Wildman–Crippen MR) is 61.2 cm³/mol. The minimum Gasteiger partial charge on any atom is -0.328 e. The van der Waals surface area contributed by atoms with Gasteiger partial charge < -0.3 is 5.73 Å². The van der Waals surface area contributed by atoms with Crippen LogP contribution in [-0.4, -0.2) is 12.2 Å². The minimum atomic E-state index is -3.99. The first-order valence-corrected chi connectivity index (χ1v) is 6.20. The molecule has 4 heteroatoms. The standard InChI is InChI=1S/C6H11F3.C6H13N/c1-3-4-5(2)6(7,8)9;7-6-4-2-1-3-5-6/h5H,3-4H2,1-2H3;6H,1-5,7H2. The fraction of sp³-hybridized carbons (Fsp3) is 1.00. The van der Waals surface area contributed by atoms with Gasteiger partial charge in [0.25, 0.3) is 0 Å². The van der Waals surface area contributed by atoms with Gasteiger partial charge in [0.15, 0.2) is 0 Å². The van der Waals surface area contributed by atoms with Crippen molar-refractivity contribution < 1.29 is 13.2 Å². The summed E-state index contributed by atoms with van der Waals surface area (Å²) in [6.07, 6.45) is 3.51. The summed E-state index contributed by atoms with van der Waals surface area (Å²) in [6, 6.07) is 0.536. The van der Waals surface area contributed by atoms with Gasteiger partial charge in [-0.1, -0.05) is 39.5 Å². The Kier molecular flexibility index (Phi) is 7.81. The third-order valence-electron chi connectivity index (χ3n) is 2.93. The summed E-state index contributed by atoms with van der Waals surface area (Å²) in [7, 11) is 0. The highest BCUT2D eigenvalue weighted by molar-refractivity contribution is 4.66. The zero-order valence-electron chi connectivity index (χ0n) is 10.3. The van der Waals surface area contributed by atoms with Crippen LogP contribution >= 0.6 is 0 Å². The molecule has 0 aromatic heterocycles. The molecule has 0 aromatic carbocycles. The van der Waals surface area contributed by atoms with Crippen molar-refractivity contribution in [3.63, 3.8) is 0 Å². The van der Waals surface area contributed by atoms with E-state index >= 15 is 0 Å². The molecule has 98 valence electrons. The molecule has 0 saturated heterocycles. The molecule has 1 aliphatic carbocycles. The van der Waals surface area contributed by atoms with E-state index in [2.05, 4.69) is 0 Å². The van der Waals surface area contributed by atoms with Gasteiger partial charge in [0.05, 0.1) is 5.92 Å². The van der Waals surface area contributed by atoms with Crippen molar-refractivity contribution in [3.05, 3.63) is 0 Å². The number of halogens is 3. The molecule has 0 aromatic rings. The largest absolute Gasteiger partial charge is 0.391 e. The zero-order valence-corrected chi connectivity index (χ0v) is 10.3. The lowest BCUT2D eigenvalue weighted by Gasteiger charge is -2.15. The van der Waals surface area contributed by atoms with Crippen molar-refractivity contribution in [1.82, 2.24) is 0 Å². The lowest BCUT2D eigenvalue weighted by molar-refractivity contribution is -0.171. The van der Waals surface area contributed by atoms with E-state index in [0.29, 0.717) is 12.5 Å². The maximum Gasteiger partial charge on any atom is 0.391 e. The molecule has 1 aliphatic rings.